The number of benzene rings is 1. The van der Waals surface area contributed by atoms with Crippen molar-refractivity contribution in [1.29, 1.82) is 0 Å². The number of ketones is 1. The van der Waals surface area contributed by atoms with E-state index in [1.54, 1.807) is 12.1 Å². The molecule has 0 aliphatic heterocycles. The predicted octanol–water partition coefficient (Wildman–Crippen LogP) is 5.32. The third-order valence-electron chi connectivity index (χ3n) is 4.05. The summed E-state index contributed by atoms with van der Waals surface area (Å²) in [6.45, 7) is 0. The van der Waals surface area contributed by atoms with Gasteiger partial charge in [0.05, 0.1) is 0 Å². The molecule has 1 fully saturated rings. The number of carbonyl (C=O) groups is 1. The summed E-state index contributed by atoms with van der Waals surface area (Å²) in [6, 6.07) is 11.5. The Morgan fingerprint density at radius 2 is 1.70 bits per heavy atom. The molecule has 1 heterocycles. The number of furan rings is 1. The molecule has 1 saturated carbocycles. The molecule has 2 aromatic rings. The molecule has 0 saturated heterocycles. The van der Waals surface area contributed by atoms with Gasteiger partial charge in [-0.3, -0.25) is 4.79 Å². The zero-order chi connectivity index (χ0) is 13.9. The van der Waals surface area contributed by atoms with E-state index in [2.05, 4.69) is 28.1 Å². The highest BCUT2D eigenvalue weighted by molar-refractivity contribution is 9.10. The molecule has 1 aliphatic rings. The molecule has 3 rings (SSSR count). The lowest BCUT2D eigenvalue weighted by atomic mass is 9.84. The van der Waals surface area contributed by atoms with Crippen LogP contribution in [0, 0.1) is 0 Å². The molecular weight excluding hydrogens is 316 g/mol. The Balaban J connectivity index is 1.77. The molecule has 0 N–H and O–H groups in total. The van der Waals surface area contributed by atoms with Gasteiger partial charge in [0.1, 0.15) is 0 Å². The summed E-state index contributed by atoms with van der Waals surface area (Å²) >= 11 is 3.22. The summed E-state index contributed by atoms with van der Waals surface area (Å²) in [4.78, 5) is 12.2. The van der Waals surface area contributed by atoms with Crippen LogP contribution < -0.4 is 0 Å². The molecule has 0 radical (unpaired) electrons. The lowest BCUT2D eigenvalue weighted by molar-refractivity contribution is 0.101. The molecule has 2 nitrogen and oxygen atoms in total. The topological polar surface area (TPSA) is 30.2 Å². The molecular formula is C17H17BrO2. The van der Waals surface area contributed by atoms with Crippen molar-refractivity contribution in [3.05, 3.63) is 58.0 Å². The average molecular weight is 333 g/mol. The van der Waals surface area contributed by atoms with E-state index in [9.17, 15) is 4.79 Å². The van der Waals surface area contributed by atoms with Crippen molar-refractivity contribution >= 4 is 21.7 Å². The maximum atomic E-state index is 12.2. The van der Waals surface area contributed by atoms with Gasteiger partial charge in [-0.1, -0.05) is 43.5 Å². The third kappa shape index (κ3) is 2.88. The van der Waals surface area contributed by atoms with Crippen molar-refractivity contribution in [3.63, 3.8) is 0 Å². The smallest absolute Gasteiger partial charge is 0.228 e. The van der Waals surface area contributed by atoms with Gasteiger partial charge in [0.2, 0.25) is 5.78 Å². The number of hydrogen-bond acceptors (Lipinski definition) is 2. The van der Waals surface area contributed by atoms with Gasteiger partial charge in [-0.25, -0.2) is 0 Å². The number of halogens is 1. The zero-order valence-corrected chi connectivity index (χ0v) is 12.9. The highest BCUT2D eigenvalue weighted by Crippen LogP contribution is 2.32. The molecule has 0 bridgehead atoms. The summed E-state index contributed by atoms with van der Waals surface area (Å²) in [5.74, 6) is 0.985. The van der Waals surface area contributed by atoms with Crippen LogP contribution in [0.3, 0.4) is 0 Å². The first-order valence-electron chi connectivity index (χ1n) is 7.14. The second-order valence-electron chi connectivity index (χ2n) is 5.39. The minimum absolute atomic E-state index is 0.0640. The van der Waals surface area contributed by atoms with Crippen molar-refractivity contribution in [2.24, 2.45) is 0 Å². The lowest BCUT2D eigenvalue weighted by Gasteiger charge is -2.21. The fraction of sp³-hybridized carbons (Fsp3) is 0.353. The summed E-state index contributed by atoms with van der Waals surface area (Å²) in [7, 11) is 0. The van der Waals surface area contributed by atoms with E-state index in [-0.39, 0.29) is 5.78 Å². The molecule has 1 aromatic heterocycles. The van der Waals surface area contributed by atoms with Crippen LogP contribution in [0.2, 0.25) is 0 Å². The Morgan fingerprint density at radius 1 is 1.00 bits per heavy atom. The maximum Gasteiger partial charge on any atom is 0.228 e. The Hall–Kier alpha value is -1.35. The van der Waals surface area contributed by atoms with Gasteiger partial charge in [0, 0.05) is 5.56 Å². The summed E-state index contributed by atoms with van der Waals surface area (Å²) in [6.07, 6.45) is 6.56. The van der Waals surface area contributed by atoms with Gasteiger partial charge < -0.3 is 4.42 Å². The summed E-state index contributed by atoms with van der Waals surface area (Å²) in [5.41, 5.74) is 2.05. The quantitative estimate of drug-likeness (QED) is 0.712. The molecule has 104 valence electrons. The van der Waals surface area contributed by atoms with Gasteiger partial charge in [0.25, 0.3) is 0 Å². The van der Waals surface area contributed by atoms with Crippen LogP contribution in [0.1, 0.15) is 59.7 Å². The van der Waals surface area contributed by atoms with Crippen LogP contribution in [-0.4, -0.2) is 5.78 Å². The van der Waals surface area contributed by atoms with Crippen molar-refractivity contribution in [3.8, 4) is 0 Å². The molecule has 3 heteroatoms. The van der Waals surface area contributed by atoms with Gasteiger partial charge in [-0.2, -0.15) is 0 Å². The van der Waals surface area contributed by atoms with E-state index in [1.165, 1.54) is 37.7 Å². The Morgan fingerprint density at radius 3 is 2.30 bits per heavy atom. The number of carbonyl (C=O) groups excluding carboxylic acids is 1. The Bertz CT molecular complexity index is 592. The minimum Gasteiger partial charge on any atom is -0.446 e. The molecule has 0 amide bonds. The average Bonchev–Trinajstić information content (AvgIpc) is 2.94. The first kappa shape index (κ1) is 13.6. The van der Waals surface area contributed by atoms with Crippen LogP contribution in [0.5, 0.6) is 0 Å². The summed E-state index contributed by atoms with van der Waals surface area (Å²) in [5, 5.41) is 0. The van der Waals surface area contributed by atoms with E-state index in [1.807, 2.05) is 12.1 Å². The maximum absolute atomic E-state index is 12.2. The first-order valence-corrected chi connectivity index (χ1v) is 7.93. The van der Waals surface area contributed by atoms with Crippen molar-refractivity contribution in [1.82, 2.24) is 0 Å². The fourth-order valence-corrected chi connectivity index (χ4v) is 3.23. The van der Waals surface area contributed by atoms with E-state index < -0.39 is 0 Å². The Kier molecular flexibility index (Phi) is 4.06. The van der Waals surface area contributed by atoms with Gasteiger partial charge in [-0.15, -0.1) is 0 Å². The van der Waals surface area contributed by atoms with E-state index in [0.29, 0.717) is 21.9 Å². The molecule has 1 aliphatic carbocycles. The number of hydrogen-bond donors (Lipinski definition) is 0. The monoisotopic (exact) mass is 332 g/mol. The van der Waals surface area contributed by atoms with Crippen LogP contribution in [0.4, 0.5) is 0 Å². The third-order valence-corrected chi connectivity index (χ3v) is 4.47. The molecule has 0 unspecified atom stereocenters. The van der Waals surface area contributed by atoms with Crippen LogP contribution in [0.15, 0.2) is 45.5 Å². The fourth-order valence-electron chi connectivity index (χ4n) is 2.92. The summed E-state index contributed by atoms with van der Waals surface area (Å²) < 4.78 is 5.90. The largest absolute Gasteiger partial charge is 0.446 e. The van der Waals surface area contributed by atoms with Gasteiger partial charge in [-0.05, 0) is 52.4 Å². The molecule has 20 heavy (non-hydrogen) atoms. The first-order chi connectivity index (χ1) is 9.74. The molecule has 0 atom stereocenters. The zero-order valence-electron chi connectivity index (χ0n) is 11.3. The predicted molar refractivity (Wildman–Crippen MR) is 82.1 cm³/mol. The van der Waals surface area contributed by atoms with Crippen LogP contribution >= 0.6 is 15.9 Å². The number of rotatable bonds is 3. The normalized spacial score (nSPS) is 16.2. The van der Waals surface area contributed by atoms with Crippen molar-refractivity contribution < 1.29 is 9.21 Å². The van der Waals surface area contributed by atoms with Crippen LogP contribution in [-0.2, 0) is 0 Å². The standard InChI is InChI=1S/C17H17BrO2/c18-16-11-10-15(20-16)17(19)14-8-6-13(7-9-14)12-4-2-1-3-5-12/h6-12H,1-5H2. The van der Waals surface area contributed by atoms with Crippen molar-refractivity contribution in [2.45, 2.75) is 38.0 Å². The van der Waals surface area contributed by atoms with Crippen molar-refractivity contribution in [2.75, 3.05) is 0 Å². The van der Waals surface area contributed by atoms with E-state index >= 15 is 0 Å². The molecule has 0 spiro atoms. The minimum atomic E-state index is -0.0640. The SMILES string of the molecule is O=C(c1ccc(C2CCCCC2)cc1)c1ccc(Br)o1. The second kappa shape index (κ2) is 5.96. The van der Waals surface area contributed by atoms with Crippen LogP contribution in [0.25, 0.3) is 0 Å². The second-order valence-corrected chi connectivity index (χ2v) is 6.17. The lowest BCUT2D eigenvalue weighted by Crippen LogP contribution is -2.05. The molecule has 1 aromatic carbocycles. The van der Waals surface area contributed by atoms with E-state index in [4.69, 9.17) is 4.42 Å². The van der Waals surface area contributed by atoms with Gasteiger partial charge >= 0.3 is 0 Å². The Labute approximate surface area is 127 Å². The van der Waals surface area contributed by atoms with E-state index in [0.717, 1.165) is 0 Å². The highest BCUT2D eigenvalue weighted by atomic mass is 79.9. The highest BCUT2D eigenvalue weighted by Gasteiger charge is 2.17. The van der Waals surface area contributed by atoms with Gasteiger partial charge in [0.15, 0.2) is 10.4 Å².